The minimum Gasteiger partial charge on any atom is -0.383 e. The second-order valence-corrected chi connectivity index (χ2v) is 3.37. The Bertz CT molecular complexity index is 352. The molecule has 0 aliphatic heterocycles. The molecule has 0 saturated heterocycles. The Hall–Kier alpha value is -1.04. The van der Waals surface area contributed by atoms with Gasteiger partial charge < -0.3 is 14.6 Å². The topological polar surface area (TPSA) is 38.7 Å². The molecule has 0 bridgehead atoms. The molecule has 0 saturated carbocycles. The van der Waals surface area contributed by atoms with E-state index in [9.17, 15) is 13.9 Å². The van der Waals surface area contributed by atoms with Crippen molar-refractivity contribution in [1.82, 2.24) is 0 Å². The van der Waals surface area contributed by atoms with Gasteiger partial charge in [-0.25, -0.2) is 8.78 Å². The highest BCUT2D eigenvalue weighted by Crippen LogP contribution is 2.24. The Labute approximate surface area is 99.0 Å². The molecule has 0 spiro atoms. The van der Waals surface area contributed by atoms with E-state index in [-0.39, 0.29) is 5.56 Å². The van der Waals surface area contributed by atoms with Gasteiger partial charge in [-0.15, -0.1) is 0 Å². The van der Waals surface area contributed by atoms with Crippen molar-refractivity contribution in [3.8, 4) is 0 Å². The van der Waals surface area contributed by atoms with E-state index < -0.39 is 24.0 Å². The van der Waals surface area contributed by atoms with Gasteiger partial charge in [-0.05, 0) is 19.9 Å². The second kappa shape index (κ2) is 6.64. The number of hydrogen-bond acceptors (Lipinski definition) is 3. The molecule has 1 unspecified atom stereocenters. The molecule has 0 aromatic heterocycles. The smallest absolute Gasteiger partial charge is 0.187 e. The van der Waals surface area contributed by atoms with Gasteiger partial charge in [0.15, 0.2) is 17.9 Å². The number of ether oxygens (including phenoxy) is 2. The van der Waals surface area contributed by atoms with Gasteiger partial charge in [-0.1, -0.05) is 12.1 Å². The average Bonchev–Trinajstić information content (AvgIpc) is 2.31. The van der Waals surface area contributed by atoms with Crippen LogP contribution in [0.5, 0.6) is 0 Å². The van der Waals surface area contributed by atoms with Gasteiger partial charge in [0.05, 0.1) is 0 Å². The Morgan fingerprint density at radius 2 is 1.76 bits per heavy atom. The van der Waals surface area contributed by atoms with Gasteiger partial charge in [-0.3, -0.25) is 0 Å². The summed E-state index contributed by atoms with van der Waals surface area (Å²) in [5, 5.41) is 9.89. The van der Waals surface area contributed by atoms with Crippen LogP contribution >= 0.6 is 0 Å². The van der Waals surface area contributed by atoms with Crippen LogP contribution in [0.1, 0.15) is 25.5 Å². The minimum absolute atomic E-state index is 0.170. The molecule has 0 aliphatic carbocycles. The maximum Gasteiger partial charge on any atom is 0.187 e. The molecule has 1 N–H and O–H groups in total. The first-order valence-corrected chi connectivity index (χ1v) is 5.47. The van der Waals surface area contributed by atoms with Crippen LogP contribution in [0, 0.1) is 11.6 Å². The summed E-state index contributed by atoms with van der Waals surface area (Å²) in [4.78, 5) is 0. The quantitative estimate of drug-likeness (QED) is 0.783. The molecular weight excluding hydrogens is 230 g/mol. The van der Waals surface area contributed by atoms with Crippen LogP contribution < -0.4 is 0 Å². The van der Waals surface area contributed by atoms with E-state index >= 15 is 0 Å². The predicted octanol–water partition coefficient (Wildman–Crippen LogP) is 2.40. The highest BCUT2D eigenvalue weighted by molar-refractivity contribution is 5.21. The zero-order chi connectivity index (χ0) is 12.8. The molecule has 1 aromatic rings. The lowest BCUT2D eigenvalue weighted by Gasteiger charge is -2.23. The lowest BCUT2D eigenvalue weighted by atomic mass is 10.1. The molecule has 0 heterocycles. The minimum atomic E-state index is -1.36. The standard InChI is InChI=1S/C12H16F2O3/c1-3-16-12(17-4-2)11(15)8-6-5-7-9(13)10(8)14/h5-7,11-12,15H,3-4H2,1-2H3. The first kappa shape index (κ1) is 14.0. The van der Waals surface area contributed by atoms with Crippen molar-refractivity contribution in [1.29, 1.82) is 0 Å². The van der Waals surface area contributed by atoms with Gasteiger partial charge in [0, 0.05) is 18.8 Å². The molecule has 0 aliphatic rings. The molecular formula is C12H16F2O3. The molecule has 1 aromatic carbocycles. The lowest BCUT2D eigenvalue weighted by molar-refractivity contribution is -0.192. The van der Waals surface area contributed by atoms with E-state index in [1.165, 1.54) is 12.1 Å². The molecule has 5 heteroatoms. The lowest BCUT2D eigenvalue weighted by Crippen LogP contribution is -2.26. The van der Waals surface area contributed by atoms with Gasteiger partial charge >= 0.3 is 0 Å². The highest BCUT2D eigenvalue weighted by Gasteiger charge is 2.25. The number of aliphatic hydroxyl groups excluding tert-OH is 1. The fourth-order valence-electron chi connectivity index (χ4n) is 1.45. The third-order valence-electron chi connectivity index (χ3n) is 2.22. The normalized spacial score (nSPS) is 13.1. The summed E-state index contributed by atoms with van der Waals surface area (Å²) in [6.07, 6.45) is -2.35. The summed E-state index contributed by atoms with van der Waals surface area (Å²) >= 11 is 0. The molecule has 1 atom stereocenters. The average molecular weight is 246 g/mol. The Morgan fingerprint density at radius 3 is 2.29 bits per heavy atom. The van der Waals surface area contributed by atoms with Crippen molar-refractivity contribution < 1.29 is 23.4 Å². The maximum absolute atomic E-state index is 13.4. The van der Waals surface area contributed by atoms with E-state index in [4.69, 9.17) is 9.47 Å². The third-order valence-corrected chi connectivity index (χ3v) is 2.22. The Morgan fingerprint density at radius 1 is 1.18 bits per heavy atom. The van der Waals surface area contributed by atoms with Crippen LogP contribution in [0.3, 0.4) is 0 Å². The van der Waals surface area contributed by atoms with Crippen molar-refractivity contribution in [2.75, 3.05) is 13.2 Å². The first-order chi connectivity index (χ1) is 8.11. The van der Waals surface area contributed by atoms with Gasteiger partial charge in [0.2, 0.25) is 0 Å². The molecule has 1 rings (SSSR count). The predicted molar refractivity (Wildman–Crippen MR) is 58.4 cm³/mol. The van der Waals surface area contributed by atoms with Crippen LogP contribution in [-0.2, 0) is 9.47 Å². The Balaban J connectivity index is 2.92. The fraction of sp³-hybridized carbons (Fsp3) is 0.500. The van der Waals surface area contributed by atoms with Gasteiger partial charge in [-0.2, -0.15) is 0 Å². The van der Waals surface area contributed by atoms with Crippen molar-refractivity contribution in [2.45, 2.75) is 26.2 Å². The molecule has 17 heavy (non-hydrogen) atoms. The number of hydrogen-bond donors (Lipinski definition) is 1. The van der Waals surface area contributed by atoms with E-state index in [2.05, 4.69) is 0 Å². The zero-order valence-electron chi connectivity index (χ0n) is 9.82. The second-order valence-electron chi connectivity index (χ2n) is 3.37. The summed E-state index contributed by atoms with van der Waals surface area (Å²) in [7, 11) is 0. The van der Waals surface area contributed by atoms with Crippen LogP contribution in [0.2, 0.25) is 0 Å². The maximum atomic E-state index is 13.4. The van der Waals surface area contributed by atoms with E-state index in [0.29, 0.717) is 13.2 Å². The van der Waals surface area contributed by atoms with Crippen molar-refractivity contribution >= 4 is 0 Å². The van der Waals surface area contributed by atoms with Gasteiger partial charge in [0.1, 0.15) is 6.10 Å². The highest BCUT2D eigenvalue weighted by atomic mass is 19.2. The summed E-state index contributed by atoms with van der Waals surface area (Å²) < 4.78 is 36.7. The molecule has 3 nitrogen and oxygen atoms in total. The van der Waals surface area contributed by atoms with Crippen LogP contribution in [0.25, 0.3) is 0 Å². The summed E-state index contributed by atoms with van der Waals surface area (Å²) in [6.45, 7) is 4.05. The fourth-order valence-corrected chi connectivity index (χ4v) is 1.45. The van der Waals surface area contributed by atoms with Gasteiger partial charge in [0.25, 0.3) is 0 Å². The van der Waals surface area contributed by atoms with Crippen molar-refractivity contribution in [2.24, 2.45) is 0 Å². The SMILES string of the molecule is CCOC(OCC)C(O)c1cccc(F)c1F. The van der Waals surface area contributed by atoms with E-state index in [0.717, 1.165) is 6.07 Å². The van der Waals surface area contributed by atoms with Crippen LogP contribution in [-0.4, -0.2) is 24.6 Å². The Kier molecular flexibility index (Phi) is 5.47. The first-order valence-electron chi connectivity index (χ1n) is 5.47. The molecule has 0 fully saturated rings. The largest absolute Gasteiger partial charge is 0.383 e. The molecule has 96 valence electrons. The number of halogens is 2. The van der Waals surface area contributed by atoms with Crippen molar-refractivity contribution in [3.63, 3.8) is 0 Å². The van der Waals surface area contributed by atoms with Crippen LogP contribution in [0.4, 0.5) is 8.78 Å². The van der Waals surface area contributed by atoms with Crippen LogP contribution in [0.15, 0.2) is 18.2 Å². The third kappa shape index (κ3) is 3.46. The number of rotatable bonds is 6. The monoisotopic (exact) mass is 246 g/mol. The molecule has 0 radical (unpaired) electrons. The number of aliphatic hydroxyl groups is 1. The summed E-state index contributed by atoms with van der Waals surface area (Å²) in [5.41, 5.74) is -0.170. The number of benzene rings is 1. The summed E-state index contributed by atoms with van der Waals surface area (Å²) in [6, 6.07) is 3.61. The summed E-state index contributed by atoms with van der Waals surface area (Å²) in [5.74, 6) is -2.09. The molecule has 0 amide bonds. The van der Waals surface area contributed by atoms with Crippen molar-refractivity contribution in [3.05, 3.63) is 35.4 Å². The zero-order valence-corrected chi connectivity index (χ0v) is 9.82. The van der Waals surface area contributed by atoms with E-state index in [1.807, 2.05) is 0 Å². The van der Waals surface area contributed by atoms with E-state index in [1.54, 1.807) is 13.8 Å².